The molecule has 19 heavy (non-hydrogen) atoms. The van der Waals surface area contributed by atoms with E-state index in [1.807, 2.05) is 0 Å². The van der Waals surface area contributed by atoms with E-state index in [2.05, 4.69) is 26.8 Å². The van der Waals surface area contributed by atoms with Crippen LogP contribution in [0, 0.1) is 28.1 Å². The summed E-state index contributed by atoms with van der Waals surface area (Å²) >= 11 is 0. The summed E-state index contributed by atoms with van der Waals surface area (Å²) in [5, 5.41) is 8.88. The van der Waals surface area contributed by atoms with E-state index in [0.29, 0.717) is 23.4 Å². The Morgan fingerprint density at radius 3 is 2.58 bits per heavy atom. The molecule has 4 atom stereocenters. The molecule has 2 bridgehead atoms. The topological polar surface area (TPSA) is 59.0 Å². The lowest BCUT2D eigenvalue weighted by Gasteiger charge is -2.39. The van der Waals surface area contributed by atoms with Crippen LogP contribution in [-0.4, -0.2) is 18.2 Å². The second-order valence-corrected chi connectivity index (χ2v) is 7.60. The lowest BCUT2D eigenvalue weighted by atomic mass is 9.70. The van der Waals surface area contributed by atoms with Crippen molar-refractivity contribution >= 4 is 0 Å². The number of rotatable bonds is 5. The summed E-state index contributed by atoms with van der Waals surface area (Å²) in [7, 11) is 0. The largest absolute Gasteiger partial charge is 0.378 e. The molecule has 0 heterocycles. The third-order valence-corrected chi connectivity index (χ3v) is 6.13. The van der Waals surface area contributed by atoms with Crippen molar-refractivity contribution in [1.29, 1.82) is 5.26 Å². The molecule has 2 aliphatic carbocycles. The molecule has 2 aliphatic rings. The van der Waals surface area contributed by atoms with E-state index in [0.717, 1.165) is 18.9 Å². The summed E-state index contributed by atoms with van der Waals surface area (Å²) in [6.07, 6.45) is 5.84. The van der Waals surface area contributed by atoms with Crippen molar-refractivity contribution in [3.8, 4) is 6.07 Å². The Bertz CT molecular complexity index is 383. The van der Waals surface area contributed by atoms with Crippen LogP contribution < -0.4 is 5.73 Å². The third kappa shape index (κ3) is 2.41. The highest BCUT2D eigenvalue weighted by atomic mass is 16.5. The summed E-state index contributed by atoms with van der Waals surface area (Å²) in [4.78, 5) is 0. The monoisotopic (exact) mass is 264 g/mol. The Kier molecular flexibility index (Phi) is 3.70. The van der Waals surface area contributed by atoms with Crippen LogP contribution in [0.25, 0.3) is 0 Å². The molecule has 0 aromatic heterocycles. The first-order valence-corrected chi connectivity index (χ1v) is 7.55. The zero-order valence-electron chi connectivity index (χ0n) is 12.8. The van der Waals surface area contributed by atoms with Gasteiger partial charge in [-0.1, -0.05) is 20.8 Å². The van der Waals surface area contributed by atoms with Gasteiger partial charge in [0.05, 0.1) is 12.2 Å². The second-order valence-electron chi connectivity index (χ2n) is 7.60. The number of nitrogens with two attached hydrogens (primary N) is 1. The Labute approximate surface area is 117 Å². The molecule has 3 nitrogen and oxygen atoms in total. The molecule has 0 saturated heterocycles. The highest BCUT2D eigenvalue weighted by Crippen LogP contribution is 2.66. The quantitative estimate of drug-likeness (QED) is 0.775. The summed E-state index contributed by atoms with van der Waals surface area (Å²) in [6, 6.07) is 2.14. The van der Waals surface area contributed by atoms with Crippen LogP contribution in [-0.2, 0) is 4.74 Å². The molecule has 3 heteroatoms. The molecule has 0 radical (unpaired) electrons. The van der Waals surface area contributed by atoms with E-state index in [-0.39, 0.29) is 0 Å². The maximum absolute atomic E-state index is 8.88. The van der Waals surface area contributed by atoms with Crippen molar-refractivity contribution in [1.82, 2.24) is 0 Å². The van der Waals surface area contributed by atoms with E-state index < -0.39 is 5.54 Å². The van der Waals surface area contributed by atoms with Gasteiger partial charge in [-0.3, -0.25) is 0 Å². The number of hydrogen-bond donors (Lipinski definition) is 1. The van der Waals surface area contributed by atoms with E-state index in [1.165, 1.54) is 19.3 Å². The van der Waals surface area contributed by atoms with Crippen molar-refractivity contribution in [2.24, 2.45) is 22.5 Å². The average molecular weight is 264 g/mol. The molecule has 4 unspecified atom stereocenters. The Hall–Kier alpha value is -0.590. The van der Waals surface area contributed by atoms with Crippen molar-refractivity contribution in [3.63, 3.8) is 0 Å². The molecular weight excluding hydrogens is 236 g/mol. The number of fused-ring (bicyclic) bond motifs is 2. The van der Waals surface area contributed by atoms with Crippen LogP contribution in [0.4, 0.5) is 0 Å². The van der Waals surface area contributed by atoms with Crippen molar-refractivity contribution in [3.05, 3.63) is 0 Å². The predicted octanol–water partition coefficient (Wildman–Crippen LogP) is 3.24. The van der Waals surface area contributed by atoms with Gasteiger partial charge in [-0.2, -0.15) is 5.26 Å². The minimum atomic E-state index is -0.707. The lowest BCUT2D eigenvalue weighted by molar-refractivity contribution is -0.0479. The van der Waals surface area contributed by atoms with Gasteiger partial charge in [-0.15, -0.1) is 0 Å². The van der Waals surface area contributed by atoms with Gasteiger partial charge in [0.25, 0.3) is 0 Å². The minimum absolute atomic E-state index is 0.332. The molecule has 0 amide bonds. The van der Waals surface area contributed by atoms with Crippen LogP contribution in [0.3, 0.4) is 0 Å². The molecular formula is C16H28N2O. The van der Waals surface area contributed by atoms with Gasteiger partial charge in [0.15, 0.2) is 0 Å². The lowest BCUT2D eigenvalue weighted by Crippen LogP contribution is -2.38. The maximum atomic E-state index is 8.88. The number of hydrogen-bond acceptors (Lipinski definition) is 3. The summed E-state index contributed by atoms with van der Waals surface area (Å²) in [5.41, 5.74) is 5.86. The highest BCUT2D eigenvalue weighted by Gasteiger charge is 2.61. The Morgan fingerprint density at radius 2 is 2.11 bits per heavy atom. The van der Waals surface area contributed by atoms with Gasteiger partial charge in [0.1, 0.15) is 5.54 Å². The van der Waals surface area contributed by atoms with E-state index >= 15 is 0 Å². The molecule has 2 rings (SSSR count). The fourth-order valence-electron chi connectivity index (χ4n) is 4.10. The molecule has 0 aromatic rings. The van der Waals surface area contributed by atoms with Gasteiger partial charge < -0.3 is 10.5 Å². The Balaban J connectivity index is 1.82. The van der Waals surface area contributed by atoms with Crippen LogP contribution in [0.5, 0.6) is 0 Å². The summed E-state index contributed by atoms with van der Waals surface area (Å²) < 4.78 is 6.15. The molecule has 2 saturated carbocycles. The van der Waals surface area contributed by atoms with Gasteiger partial charge in [0, 0.05) is 6.61 Å². The van der Waals surface area contributed by atoms with Gasteiger partial charge in [-0.25, -0.2) is 0 Å². The number of ether oxygens (including phenoxy) is 1. The molecule has 2 fully saturated rings. The van der Waals surface area contributed by atoms with Crippen LogP contribution >= 0.6 is 0 Å². The maximum Gasteiger partial charge on any atom is 0.101 e. The average Bonchev–Trinajstić information content (AvgIpc) is 2.67. The van der Waals surface area contributed by atoms with Crippen LogP contribution in [0.1, 0.15) is 59.8 Å². The first-order valence-electron chi connectivity index (χ1n) is 7.55. The predicted molar refractivity (Wildman–Crippen MR) is 76.4 cm³/mol. The second kappa shape index (κ2) is 4.75. The number of nitriles is 1. The first-order chi connectivity index (χ1) is 8.73. The SMILES string of the molecule is CC(N)(C#N)CCCOC1CC2CCC1(C)C2(C)C. The highest BCUT2D eigenvalue weighted by molar-refractivity contribution is 5.11. The molecule has 108 valence electrons. The van der Waals surface area contributed by atoms with Gasteiger partial charge in [0.2, 0.25) is 0 Å². The summed E-state index contributed by atoms with van der Waals surface area (Å²) in [6.45, 7) is 9.72. The Morgan fingerprint density at radius 1 is 1.42 bits per heavy atom. The van der Waals surface area contributed by atoms with E-state index in [1.54, 1.807) is 6.92 Å². The van der Waals surface area contributed by atoms with E-state index in [4.69, 9.17) is 15.7 Å². The van der Waals surface area contributed by atoms with Crippen molar-refractivity contribution in [2.45, 2.75) is 71.4 Å². The van der Waals surface area contributed by atoms with Gasteiger partial charge >= 0.3 is 0 Å². The third-order valence-electron chi connectivity index (χ3n) is 6.13. The molecule has 0 aromatic carbocycles. The van der Waals surface area contributed by atoms with Gasteiger partial charge in [-0.05, 0) is 55.8 Å². The standard InChI is InChI=1S/C16H28N2O/c1-14(2)12-6-8-16(14,4)13(10-12)19-9-5-7-15(3,18)11-17/h12-13H,5-10,18H2,1-4H3. The zero-order valence-corrected chi connectivity index (χ0v) is 12.8. The fraction of sp³-hybridized carbons (Fsp3) is 0.938. The smallest absolute Gasteiger partial charge is 0.101 e. The number of nitrogens with zero attached hydrogens (tertiary/aromatic N) is 1. The molecule has 0 spiro atoms. The molecule has 2 N–H and O–H groups in total. The van der Waals surface area contributed by atoms with Crippen LogP contribution in [0.2, 0.25) is 0 Å². The van der Waals surface area contributed by atoms with Crippen molar-refractivity contribution < 1.29 is 4.74 Å². The van der Waals surface area contributed by atoms with Crippen LogP contribution in [0.15, 0.2) is 0 Å². The molecule has 0 aliphatic heterocycles. The normalized spacial score (nSPS) is 38.9. The van der Waals surface area contributed by atoms with E-state index in [9.17, 15) is 0 Å². The summed E-state index contributed by atoms with van der Waals surface area (Å²) in [5.74, 6) is 0.821. The fourth-order valence-corrected chi connectivity index (χ4v) is 4.10. The minimum Gasteiger partial charge on any atom is -0.378 e. The van der Waals surface area contributed by atoms with Crippen molar-refractivity contribution in [2.75, 3.05) is 6.61 Å². The first kappa shape index (κ1) is 14.8. The zero-order chi connectivity index (χ0) is 14.3.